The van der Waals surface area contributed by atoms with Gasteiger partial charge in [-0.25, -0.2) is 0 Å². The Labute approximate surface area is 114 Å². The zero-order chi connectivity index (χ0) is 13.3. The molecule has 0 aliphatic carbocycles. The summed E-state index contributed by atoms with van der Waals surface area (Å²) in [4.78, 5) is 12.6. The van der Waals surface area contributed by atoms with E-state index >= 15 is 0 Å². The van der Waals surface area contributed by atoms with E-state index in [1.807, 2.05) is 24.3 Å². The van der Waals surface area contributed by atoms with Gasteiger partial charge in [0, 0.05) is 21.5 Å². The lowest BCUT2D eigenvalue weighted by Gasteiger charge is -2.08. The fourth-order valence-electron chi connectivity index (χ4n) is 3.57. The Bertz CT molecular complexity index is 1060. The smallest absolute Gasteiger partial charge is 0.194 e. The molecule has 92 valence electrons. The van der Waals surface area contributed by atoms with E-state index in [2.05, 4.69) is 36.4 Å². The second-order valence-electron chi connectivity index (χ2n) is 5.33. The van der Waals surface area contributed by atoms with Crippen molar-refractivity contribution in [2.24, 2.45) is 0 Å². The van der Waals surface area contributed by atoms with Gasteiger partial charge in [0.05, 0.1) is 0 Å². The molecule has 1 heteroatoms. The van der Waals surface area contributed by atoms with E-state index in [1.165, 1.54) is 21.5 Å². The molecule has 1 nitrogen and oxygen atoms in total. The fraction of sp³-hybridized carbons (Fsp3) is 0. The predicted octanol–water partition coefficient (Wildman–Crippen LogP) is 4.54. The van der Waals surface area contributed by atoms with Gasteiger partial charge in [-0.1, -0.05) is 60.7 Å². The number of rotatable bonds is 0. The highest BCUT2D eigenvalue weighted by atomic mass is 16.1. The molecule has 0 radical (unpaired) electrons. The fourth-order valence-corrected chi connectivity index (χ4v) is 3.57. The van der Waals surface area contributed by atoms with E-state index in [0.29, 0.717) is 0 Å². The van der Waals surface area contributed by atoms with Crippen LogP contribution in [0.25, 0.3) is 43.1 Å². The van der Waals surface area contributed by atoms with Gasteiger partial charge < -0.3 is 0 Å². The maximum Gasteiger partial charge on any atom is 0.194 e. The van der Waals surface area contributed by atoms with Gasteiger partial charge in [0.2, 0.25) is 0 Å². The maximum absolute atomic E-state index is 12.6. The average molecular weight is 254 g/mol. The number of benzene rings is 4. The molecule has 5 rings (SSSR count). The van der Waals surface area contributed by atoms with E-state index in [9.17, 15) is 4.79 Å². The number of fused-ring (bicyclic) bond motifs is 3. The molecule has 0 atom stereocenters. The SMILES string of the molecule is O=c1c2cccc3c4ccccc4c4cccc1c4c23. The van der Waals surface area contributed by atoms with E-state index in [1.54, 1.807) is 0 Å². The monoisotopic (exact) mass is 254 g/mol. The zero-order valence-corrected chi connectivity index (χ0v) is 10.7. The summed E-state index contributed by atoms with van der Waals surface area (Å²) in [5, 5.41) is 8.77. The Hall–Kier alpha value is -2.67. The average Bonchev–Trinajstić information content (AvgIpc) is 2.81. The van der Waals surface area contributed by atoms with Crippen LogP contribution in [0, 0.1) is 0 Å². The lowest BCUT2D eigenvalue weighted by molar-refractivity contribution is 1.82. The molecule has 0 unspecified atom stereocenters. The standard InChI is InChI=1S/C19H10O/c20-19-15-9-3-7-13-11-5-1-2-6-12(11)14-8-4-10-16(19)18(14)17(13)15/h1-10H. The Morgan fingerprint density at radius 1 is 0.450 bits per heavy atom. The summed E-state index contributed by atoms with van der Waals surface area (Å²) < 4.78 is 0. The molecule has 0 heterocycles. The van der Waals surface area contributed by atoms with Crippen LogP contribution in [0.15, 0.2) is 65.5 Å². The van der Waals surface area contributed by atoms with Crippen molar-refractivity contribution in [3.8, 4) is 0 Å². The van der Waals surface area contributed by atoms with Gasteiger partial charge in [-0.05, 0) is 21.5 Å². The highest BCUT2D eigenvalue weighted by Crippen LogP contribution is 2.39. The second-order valence-corrected chi connectivity index (χ2v) is 5.33. The van der Waals surface area contributed by atoms with Gasteiger partial charge in [0.25, 0.3) is 0 Å². The van der Waals surface area contributed by atoms with Gasteiger partial charge in [0.15, 0.2) is 5.43 Å². The van der Waals surface area contributed by atoms with Crippen molar-refractivity contribution >= 4 is 43.1 Å². The molecule has 0 aliphatic heterocycles. The lowest BCUT2D eigenvalue weighted by Crippen LogP contribution is -1.92. The van der Waals surface area contributed by atoms with Crippen LogP contribution >= 0.6 is 0 Å². The van der Waals surface area contributed by atoms with E-state index in [4.69, 9.17) is 0 Å². The first-order valence-corrected chi connectivity index (χ1v) is 6.77. The van der Waals surface area contributed by atoms with Crippen LogP contribution in [0.1, 0.15) is 0 Å². The predicted molar refractivity (Wildman–Crippen MR) is 85.1 cm³/mol. The van der Waals surface area contributed by atoms with Crippen LogP contribution in [0.2, 0.25) is 0 Å². The molecule has 0 spiro atoms. The molecule has 0 amide bonds. The van der Waals surface area contributed by atoms with Crippen molar-refractivity contribution in [2.45, 2.75) is 0 Å². The van der Waals surface area contributed by atoms with Gasteiger partial charge in [-0.3, -0.25) is 4.79 Å². The van der Waals surface area contributed by atoms with Crippen LogP contribution in [0.5, 0.6) is 0 Å². The Kier molecular flexibility index (Phi) is 1.65. The minimum absolute atomic E-state index is 0.159. The van der Waals surface area contributed by atoms with Crippen molar-refractivity contribution in [2.75, 3.05) is 0 Å². The molecule has 0 N–H and O–H groups in total. The molecular weight excluding hydrogens is 244 g/mol. The van der Waals surface area contributed by atoms with Crippen molar-refractivity contribution in [3.05, 3.63) is 70.9 Å². The highest BCUT2D eigenvalue weighted by molar-refractivity contribution is 6.35. The van der Waals surface area contributed by atoms with Crippen molar-refractivity contribution in [1.82, 2.24) is 0 Å². The number of hydrogen-bond acceptors (Lipinski definition) is 1. The van der Waals surface area contributed by atoms with Crippen LogP contribution in [0.4, 0.5) is 0 Å². The van der Waals surface area contributed by atoms with Crippen molar-refractivity contribution in [3.63, 3.8) is 0 Å². The topological polar surface area (TPSA) is 17.1 Å². The molecule has 0 fully saturated rings. The summed E-state index contributed by atoms with van der Waals surface area (Å²) in [6.07, 6.45) is 0. The first-order chi connectivity index (χ1) is 9.86. The molecule has 0 bridgehead atoms. The summed E-state index contributed by atoms with van der Waals surface area (Å²) in [5.41, 5.74) is 0.159. The van der Waals surface area contributed by atoms with Gasteiger partial charge in [0.1, 0.15) is 0 Å². The van der Waals surface area contributed by atoms with Crippen LogP contribution in [-0.2, 0) is 0 Å². The quantitative estimate of drug-likeness (QED) is 0.371. The highest BCUT2D eigenvalue weighted by Gasteiger charge is 2.17. The Balaban J connectivity index is 2.39. The van der Waals surface area contributed by atoms with E-state index in [-0.39, 0.29) is 5.43 Å². The second kappa shape index (κ2) is 3.26. The summed E-state index contributed by atoms with van der Waals surface area (Å²) in [5.74, 6) is 0. The maximum atomic E-state index is 12.6. The molecule has 5 aromatic rings. The van der Waals surface area contributed by atoms with Gasteiger partial charge in [-0.2, -0.15) is 0 Å². The molecule has 20 heavy (non-hydrogen) atoms. The molecule has 0 saturated carbocycles. The molecule has 5 aromatic carbocycles. The third-order valence-corrected chi connectivity index (χ3v) is 4.38. The summed E-state index contributed by atoms with van der Waals surface area (Å²) in [6.45, 7) is 0. The largest absolute Gasteiger partial charge is 0.289 e. The summed E-state index contributed by atoms with van der Waals surface area (Å²) in [7, 11) is 0. The summed E-state index contributed by atoms with van der Waals surface area (Å²) >= 11 is 0. The Morgan fingerprint density at radius 2 is 0.850 bits per heavy atom. The van der Waals surface area contributed by atoms with Crippen LogP contribution in [-0.4, -0.2) is 0 Å². The third kappa shape index (κ3) is 0.992. The first kappa shape index (κ1) is 10.2. The molecule has 0 aliphatic rings. The normalized spacial score (nSPS) is 12.2. The van der Waals surface area contributed by atoms with E-state index < -0.39 is 0 Å². The summed E-state index contributed by atoms with van der Waals surface area (Å²) in [6, 6.07) is 20.5. The van der Waals surface area contributed by atoms with Gasteiger partial charge in [-0.15, -0.1) is 0 Å². The van der Waals surface area contributed by atoms with E-state index in [0.717, 1.165) is 21.5 Å². The Morgan fingerprint density at radius 3 is 1.35 bits per heavy atom. The first-order valence-electron chi connectivity index (χ1n) is 6.77. The zero-order valence-electron chi connectivity index (χ0n) is 10.7. The molecular formula is C19H10O. The third-order valence-electron chi connectivity index (χ3n) is 4.38. The minimum Gasteiger partial charge on any atom is -0.289 e. The van der Waals surface area contributed by atoms with Crippen molar-refractivity contribution in [1.29, 1.82) is 0 Å². The van der Waals surface area contributed by atoms with Crippen LogP contribution in [0.3, 0.4) is 0 Å². The lowest BCUT2D eigenvalue weighted by atomic mass is 9.95. The van der Waals surface area contributed by atoms with Crippen molar-refractivity contribution < 1.29 is 0 Å². The van der Waals surface area contributed by atoms with Gasteiger partial charge >= 0.3 is 0 Å². The molecule has 0 aromatic heterocycles. The molecule has 0 saturated heterocycles. The van der Waals surface area contributed by atoms with Crippen LogP contribution < -0.4 is 5.43 Å². The minimum atomic E-state index is 0.159. The number of hydrogen-bond donors (Lipinski definition) is 0.